The molecule has 3 heterocycles. The average Bonchev–Trinajstić information content (AvgIpc) is 2.89. The van der Waals surface area contributed by atoms with Gasteiger partial charge in [0.1, 0.15) is 11.6 Å². The van der Waals surface area contributed by atoms with Gasteiger partial charge in [-0.15, -0.1) is 0 Å². The summed E-state index contributed by atoms with van der Waals surface area (Å²) in [6.45, 7) is 5.28. The molecule has 5 rings (SSSR count). The maximum Gasteiger partial charge on any atom is 0.216 e. The van der Waals surface area contributed by atoms with E-state index in [1.54, 1.807) is 30.4 Å². The van der Waals surface area contributed by atoms with E-state index in [-0.39, 0.29) is 5.43 Å². The van der Waals surface area contributed by atoms with Gasteiger partial charge >= 0.3 is 0 Å². The van der Waals surface area contributed by atoms with E-state index >= 15 is 0 Å². The Kier molecular flexibility index (Phi) is 6.51. The second kappa shape index (κ2) is 9.75. The van der Waals surface area contributed by atoms with Crippen molar-refractivity contribution in [3.8, 4) is 5.69 Å². The molecule has 9 heteroatoms. The van der Waals surface area contributed by atoms with Gasteiger partial charge in [-0.2, -0.15) is 4.31 Å². The Bertz CT molecular complexity index is 1530. The Morgan fingerprint density at radius 2 is 1.53 bits per heavy atom. The monoisotopic (exact) mass is 503 g/mol. The molecule has 1 saturated heterocycles. The fraction of sp³-hybridized carbons (Fsp3) is 0.259. The minimum Gasteiger partial charge on any atom is -0.354 e. The van der Waals surface area contributed by atoms with E-state index in [4.69, 9.17) is 0 Å². The number of rotatable bonds is 6. The molecule has 36 heavy (non-hydrogen) atoms. The first kappa shape index (κ1) is 24.0. The molecule has 1 N–H and O–H groups in total. The molecule has 0 unspecified atom stereocenters. The van der Waals surface area contributed by atoms with Gasteiger partial charge in [0.25, 0.3) is 0 Å². The van der Waals surface area contributed by atoms with Crippen molar-refractivity contribution in [2.24, 2.45) is 0 Å². The van der Waals surface area contributed by atoms with Crippen LogP contribution in [0.2, 0.25) is 0 Å². The van der Waals surface area contributed by atoms with Gasteiger partial charge in [0.2, 0.25) is 10.0 Å². The molecule has 1 aliphatic rings. The Morgan fingerprint density at radius 1 is 0.889 bits per heavy atom. The van der Waals surface area contributed by atoms with Crippen molar-refractivity contribution in [2.45, 2.75) is 19.1 Å². The Balaban J connectivity index is 1.57. The summed E-state index contributed by atoms with van der Waals surface area (Å²) in [5.74, 6) is 1.36. The molecular weight excluding hydrogens is 474 g/mol. The first-order valence-corrected chi connectivity index (χ1v) is 13.5. The summed E-state index contributed by atoms with van der Waals surface area (Å²) in [5, 5.41) is 3.46. The fourth-order valence-electron chi connectivity index (χ4n) is 4.46. The molecule has 0 bridgehead atoms. The number of nitrogens with zero attached hydrogens (tertiary/aromatic N) is 4. The molecule has 0 amide bonds. The van der Waals surface area contributed by atoms with E-state index in [0.717, 1.165) is 16.9 Å². The van der Waals surface area contributed by atoms with Crippen LogP contribution in [0.15, 0.2) is 83.8 Å². The molecule has 2 aromatic heterocycles. The molecule has 8 nitrogen and oxygen atoms in total. The zero-order chi connectivity index (χ0) is 25.3. The molecular formula is C27H29N5O3S. The average molecular weight is 504 g/mol. The SMILES string of the molecule is CC(C)S(=O)(=O)N1CCN(c2cc3c(cn2)c(=O)cc(Nc2ccccc2)n3-c2ccccc2)CC1. The number of piperazine rings is 1. The first-order chi connectivity index (χ1) is 17.3. The lowest BCUT2D eigenvalue weighted by atomic mass is 10.2. The fourth-order valence-corrected chi connectivity index (χ4v) is 5.73. The summed E-state index contributed by atoms with van der Waals surface area (Å²) >= 11 is 0. The lowest BCUT2D eigenvalue weighted by molar-refractivity contribution is 0.380. The zero-order valence-electron chi connectivity index (χ0n) is 20.3. The number of para-hydroxylation sites is 2. The van der Waals surface area contributed by atoms with Crippen molar-refractivity contribution < 1.29 is 8.42 Å². The topological polar surface area (TPSA) is 87.5 Å². The third-order valence-corrected chi connectivity index (χ3v) is 8.74. The Hall–Kier alpha value is -3.69. The lowest BCUT2D eigenvalue weighted by Crippen LogP contribution is -2.50. The van der Waals surface area contributed by atoms with E-state index < -0.39 is 15.3 Å². The van der Waals surface area contributed by atoms with Crippen LogP contribution >= 0.6 is 0 Å². The summed E-state index contributed by atoms with van der Waals surface area (Å²) in [7, 11) is -3.29. The molecule has 0 aliphatic carbocycles. The van der Waals surface area contributed by atoms with Gasteiger partial charge in [-0.3, -0.25) is 9.36 Å². The van der Waals surface area contributed by atoms with Gasteiger partial charge in [0, 0.05) is 55.9 Å². The van der Waals surface area contributed by atoms with Gasteiger partial charge in [-0.25, -0.2) is 13.4 Å². The van der Waals surface area contributed by atoms with Crippen LogP contribution in [0, 0.1) is 0 Å². The highest BCUT2D eigenvalue weighted by atomic mass is 32.2. The summed E-state index contributed by atoms with van der Waals surface area (Å²) in [5.41, 5.74) is 2.39. The molecule has 0 radical (unpaired) electrons. The van der Waals surface area contributed by atoms with E-state index in [2.05, 4.69) is 15.2 Å². The smallest absolute Gasteiger partial charge is 0.216 e. The summed E-state index contributed by atoms with van der Waals surface area (Å²) < 4.78 is 28.7. The molecule has 2 aromatic carbocycles. The number of hydrogen-bond acceptors (Lipinski definition) is 6. The molecule has 186 valence electrons. The van der Waals surface area contributed by atoms with Crippen LogP contribution in [0.4, 0.5) is 17.3 Å². The van der Waals surface area contributed by atoms with Crippen molar-refractivity contribution in [1.29, 1.82) is 0 Å². The zero-order valence-corrected chi connectivity index (χ0v) is 21.1. The van der Waals surface area contributed by atoms with Gasteiger partial charge in [0.05, 0.1) is 16.2 Å². The Morgan fingerprint density at radius 3 is 2.17 bits per heavy atom. The quantitative estimate of drug-likeness (QED) is 0.428. The lowest BCUT2D eigenvalue weighted by Gasteiger charge is -2.35. The number of pyridine rings is 2. The minimum absolute atomic E-state index is 0.123. The number of sulfonamides is 1. The normalized spacial score (nSPS) is 14.9. The number of fused-ring (bicyclic) bond motifs is 1. The van der Waals surface area contributed by atoms with E-state index in [0.29, 0.717) is 43.2 Å². The van der Waals surface area contributed by atoms with Crippen molar-refractivity contribution in [3.63, 3.8) is 0 Å². The highest BCUT2D eigenvalue weighted by Gasteiger charge is 2.30. The highest BCUT2D eigenvalue weighted by molar-refractivity contribution is 7.89. The largest absolute Gasteiger partial charge is 0.354 e. The van der Waals surface area contributed by atoms with Crippen LogP contribution in [0.5, 0.6) is 0 Å². The van der Waals surface area contributed by atoms with Crippen molar-refractivity contribution >= 4 is 38.2 Å². The van der Waals surface area contributed by atoms with Crippen LogP contribution in [0.1, 0.15) is 13.8 Å². The molecule has 0 atom stereocenters. The number of nitrogens with one attached hydrogen (secondary N) is 1. The van der Waals surface area contributed by atoms with Crippen LogP contribution in [-0.4, -0.2) is 53.7 Å². The molecule has 0 spiro atoms. The second-order valence-electron chi connectivity index (χ2n) is 9.10. The van der Waals surface area contributed by atoms with Crippen molar-refractivity contribution in [2.75, 3.05) is 36.4 Å². The highest BCUT2D eigenvalue weighted by Crippen LogP contribution is 2.27. The maximum absolute atomic E-state index is 13.1. The third kappa shape index (κ3) is 4.59. The Labute approximate surface area is 210 Å². The van der Waals surface area contributed by atoms with Crippen molar-refractivity contribution in [3.05, 3.63) is 89.2 Å². The van der Waals surface area contributed by atoms with Crippen LogP contribution in [0.25, 0.3) is 16.6 Å². The van der Waals surface area contributed by atoms with Gasteiger partial charge in [-0.05, 0) is 38.1 Å². The number of hydrogen-bond donors (Lipinski definition) is 1. The second-order valence-corrected chi connectivity index (χ2v) is 11.6. The standard InChI is InChI=1S/C27H29N5O3S/c1-20(2)36(34,35)31-15-13-30(14-16-31)26-17-24-23(19-28-26)25(33)18-27(29-21-9-5-3-6-10-21)32(24)22-11-7-4-8-12-22/h3-12,17-20,29H,13-16H2,1-2H3. The first-order valence-electron chi connectivity index (χ1n) is 12.0. The minimum atomic E-state index is -3.29. The predicted molar refractivity (Wildman–Crippen MR) is 145 cm³/mol. The summed E-state index contributed by atoms with van der Waals surface area (Å²) in [6.07, 6.45) is 1.62. The predicted octanol–water partition coefficient (Wildman–Crippen LogP) is 3.99. The van der Waals surface area contributed by atoms with Crippen LogP contribution in [0.3, 0.4) is 0 Å². The molecule has 0 saturated carbocycles. The van der Waals surface area contributed by atoms with Gasteiger partial charge < -0.3 is 10.2 Å². The summed E-state index contributed by atoms with van der Waals surface area (Å²) in [4.78, 5) is 19.8. The van der Waals surface area contributed by atoms with Gasteiger partial charge in [0.15, 0.2) is 5.43 Å². The molecule has 1 fully saturated rings. The molecule has 1 aliphatic heterocycles. The van der Waals surface area contributed by atoms with E-state index in [1.165, 1.54) is 0 Å². The van der Waals surface area contributed by atoms with Crippen molar-refractivity contribution in [1.82, 2.24) is 13.9 Å². The summed E-state index contributed by atoms with van der Waals surface area (Å²) in [6, 6.07) is 23.1. The molecule has 4 aromatic rings. The number of anilines is 3. The van der Waals surface area contributed by atoms with Crippen LogP contribution in [-0.2, 0) is 10.0 Å². The number of aromatic nitrogens is 2. The third-order valence-electron chi connectivity index (χ3n) is 6.46. The van der Waals surface area contributed by atoms with Gasteiger partial charge in [-0.1, -0.05) is 36.4 Å². The van der Waals surface area contributed by atoms with E-state index in [9.17, 15) is 13.2 Å². The maximum atomic E-state index is 13.1. The van der Waals surface area contributed by atoms with E-state index in [1.807, 2.05) is 71.3 Å². The number of benzene rings is 2. The van der Waals surface area contributed by atoms with Crippen LogP contribution < -0.4 is 15.6 Å².